The van der Waals surface area contributed by atoms with Crippen molar-refractivity contribution in [3.8, 4) is 0 Å². The van der Waals surface area contributed by atoms with Gasteiger partial charge in [-0.1, -0.05) is 30.3 Å². The molecule has 1 aromatic heterocycles. The van der Waals surface area contributed by atoms with E-state index in [1.54, 1.807) is 4.31 Å². The van der Waals surface area contributed by atoms with Crippen LogP contribution >= 0.6 is 11.3 Å². The smallest absolute Gasteiger partial charge is 0.218 e. The molecule has 0 amide bonds. The zero-order valence-corrected chi connectivity index (χ0v) is 15.9. The Labute approximate surface area is 154 Å². The number of hydrogen-bond donors (Lipinski definition) is 0. The summed E-state index contributed by atoms with van der Waals surface area (Å²) in [4.78, 5) is 4.08. The molecule has 0 aliphatic carbocycles. The molecule has 1 aromatic carbocycles. The second kappa shape index (κ2) is 7.19. The lowest BCUT2D eigenvalue weighted by Gasteiger charge is -2.39. The van der Waals surface area contributed by atoms with Crippen molar-refractivity contribution in [1.29, 1.82) is 0 Å². The predicted molar refractivity (Wildman–Crippen MR) is 102 cm³/mol. The zero-order valence-electron chi connectivity index (χ0n) is 14.3. The number of nitrogens with zero attached hydrogens (tertiary/aromatic N) is 2. The highest BCUT2D eigenvalue weighted by Gasteiger charge is 2.32. The molecule has 0 bridgehead atoms. The first kappa shape index (κ1) is 17.2. The van der Waals surface area contributed by atoms with Crippen LogP contribution < -0.4 is 0 Å². The second-order valence-electron chi connectivity index (χ2n) is 6.96. The molecule has 4 nitrogen and oxygen atoms in total. The largest absolute Gasteiger partial charge is 0.296 e. The van der Waals surface area contributed by atoms with Gasteiger partial charge in [0.1, 0.15) is 0 Å². The van der Waals surface area contributed by atoms with Gasteiger partial charge in [0.15, 0.2) is 0 Å². The van der Waals surface area contributed by atoms with Gasteiger partial charge in [-0.15, -0.1) is 11.3 Å². The summed E-state index contributed by atoms with van der Waals surface area (Å²) in [5, 5.41) is 2.19. The summed E-state index contributed by atoms with van der Waals surface area (Å²) >= 11 is 1.86. The molecule has 0 spiro atoms. The van der Waals surface area contributed by atoms with E-state index in [0.717, 1.165) is 37.9 Å². The summed E-state index contributed by atoms with van der Waals surface area (Å²) in [6.07, 6.45) is 3.01. The van der Waals surface area contributed by atoms with E-state index < -0.39 is 10.0 Å². The summed E-state index contributed by atoms with van der Waals surface area (Å²) in [5.41, 5.74) is 2.33. The minimum Gasteiger partial charge on any atom is -0.296 e. The standard InChI is InChI=1S/C19H24N2O2S2/c22-25(23,15-16-4-2-1-3-5-16)21-11-6-18(7-12-21)20-10-8-19-17(14-20)9-13-24-19/h1-5,9,13,18H,6-8,10-12,14-15H2. The number of rotatable bonds is 4. The third kappa shape index (κ3) is 3.82. The van der Waals surface area contributed by atoms with Crippen molar-refractivity contribution >= 4 is 21.4 Å². The van der Waals surface area contributed by atoms with Gasteiger partial charge in [-0.25, -0.2) is 12.7 Å². The Bertz CT molecular complexity index is 809. The van der Waals surface area contributed by atoms with E-state index in [1.165, 1.54) is 10.4 Å². The van der Waals surface area contributed by atoms with Crippen molar-refractivity contribution in [3.05, 3.63) is 57.8 Å². The molecule has 2 aromatic rings. The predicted octanol–water partition coefficient (Wildman–Crippen LogP) is 3.10. The normalized spacial score (nSPS) is 20.5. The molecule has 1 fully saturated rings. The Balaban J connectivity index is 1.35. The maximum atomic E-state index is 12.7. The van der Waals surface area contributed by atoms with Crippen molar-refractivity contribution in [1.82, 2.24) is 9.21 Å². The van der Waals surface area contributed by atoms with Crippen molar-refractivity contribution in [3.63, 3.8) is 0 Å². The Hall–Kier alpha value is -1.21. The van der Waals surface area contributed by atoms with Gasteiger partial charge < -0.3 is 0 Å². The van der Waals surface area contributed by atoms with Gasteiger partial charge >= 0.3 is 0 Å². The van der Waals surface area contributed by atoms with Crippen LogP contribution in [0.5, 0.6) is 0 Å². The fraction of sp³-hybridized carbons (Fsp3) is 0.474. The summed E-state index contributed by atoms with van der Waals surface area (Å²) in [6.45, 7) is 3.43. The SMILES string of the molecule is O=S(=O)(Cc1ccccc1)N1CCC(N2CCc3sccc3C2)CC1. The van der Waals surface area contributed by atoms with E-state index in [0.29, 0.717) is 19.1 Å². The molecule has 134 valence electrons. The third-order valence-electron chi connectivity index (χ3n) is 5.36. The van der Waals surface area contributed by atoms with E-state index in [1.807, 2.05) is 41.7 Å². The van der Waals surface area contributed by atoms with Crippen molar-refractivity contribution in [2.24, 2.45) is 0 Å². The fourth-order valence-corrected chi connectivity index (χ4v) is 6.40. The van der Waals surface area contributed by atoms with Crippen molar-refractivity contribution in [2.45, 2.75) is 37.6 Å². The van der Waals surface area contributed by atoms with Crippen molar-refractivity contribution < 1.29 is 8.42 Å². The third-order valence-corrected chi connectivity index (χ3v) is 8.24. The Morgan fingerprint density at radius 2 is 1.80 bits per heavy atom. The molecule has 1 saturated heterocycles. The summed E-state index contributed by atoms with van der Waals surface area (Å²) in [5.74, 6) is 0.112. The molecule has 3 heterocycles. The summed E-state index contributed by atoms with van der Waals surface area (Å²) in [6, 6.07) is 12.2. The lowest BCUT2D eigenvalue weighted by molar-refractivity contribution is 0.127. The van der Waals surface area contributed by atoms with Gasteiger partial charge in [-0.3, -0.25) is 4.90 Å². The molecule has 6 heteroatoms. The first-order chi connectivity index (χ1) is 12.1. The number of fused-ring (bicyclic) bond motifs is 1. The number of hydrogen-bond acceptors (Lipinski definition) is 4. The van der Waals surface area contributed by atoms with Crippen LogP contribution in [0.3, 0.4) is 0 Å². The minimum absolute atomic E-state index is 0.112. The maximum Gasteiger partial charge on any atom is 0.218 e. The van der Waals surface area contributed by atoms with Crippen LogP contribution in [0, 0.1) is 0 Å². The molecule has 25 heavy (non-hydrogen) atoms. The lowest BCUT2D eigenvalue weighted by Crippen LogP contribution is -2.48. The Kier molecular flexibility index (Phi) is 4.95. The van der Waals surface area contributed by atoms with Crippen LogP contribution in [-0.4, -0.2) is 43.3 Å². The summed E-state index contributed by atoms with van der Waals surface area (Å²) < 4.78 is 27.1. The first-order valence-corrected chi connectivity index (χ1v) is 11.4. The highest BCUT2D eigenvalue weighted by atomic mass is 32.2. The molecule has 2 aliphatic rings. The minimum atomic E-state index is -3.21. The highest BCUT2D eigenvalue weighted by Crippen LogP contribution is 2.28. The molecule has 0 unspecified atom stereocenters. The van der Waals surface area contributed by atoms with Crippen LogP contribution in [0.4, 0.5) is 0 Å². The molecule has 0 atom stereocenters. The Morgan fingerprint density at radius 1 is 1.04 bits per heavy atom. The van der Waals surface area contributed by atoms with Crippen molar-refractivity contribution in [2.75, 3.05) is 19.6 Å². The van der Waals surface area contributed by atoms with Crippen LogP contribution in [0.15, 0.2) is 41.8 Å². The van der Waals surface area contributed by atoms with E-state index in [4.69, 9.17) is 0 Å². The average molecular weight is 377 g/mol. The monoisotopic (exact) mass is 376 g/mol. The van der Waals surface area contributed by atoms with E-state index >= 15 is 0 Å². The lowest BCUT2D eigenvalue weighted by atomic mass is 10.0. The van der Waals surface area contributed by atoms with Gasteiger partial charge in [-0.05, 0) is 41.8 Å². The van der Waals surface area contributed by atoms with E-state index in [9.17, 15) is 8.42 Å². The van der Waals surface area contributed by atoms with Crippen LogP contribution in [-0.2, 0) is 28.7 Å². The molecule has 0 radical (unpaired) electrons. The molecule has 4 rings (SSSR count). The second-order valence-corrected chi connectivity index (χ2v) is 9.93. The fourth-order valence-electron chi connectivity index (χ4n) is 3.94. The molecular formula is C19H24N2O2S2. The molecule has 0 saturated carbocycles. The Morgan fingerprint density at radius 3 is 2.56 bits per heavy atom. The van der Waals surface area contributed by atoms with Crippen LogP contribution in [0.25, 0.3) is 0 Å². The van der Waals surface area contributed by atoms with Gasteiger partial charge in [-0.2, -0.15) is 0 Å². The van der Waals surface area contributed by atoms with Gasteiger partial charge in [0.25, 0.3) is 0 Å². The van der Waals surface area contributed by atoms with Crippen LogP contribution in [0.1, 0.15) is 28.8 Å². The molecule has 0 N–H and O–H groups in total. The highest BCUT2D eigenvalue weighted by molar-refractivity contribution is 7.88. The topological polar surface area (TPSA) is 40.6 Å². The number of benzene rings is 1. The average Bonchev–Trinajstić information content (AvgIpc) is 3.10. The van der Waals surface area contributed by atoms with Gasteiger partial charge in [0.2, 0.25) is 10.0 Å². The molecule has 2 aliphatic heterocycles. The number of thiophene rings is 1. The van der Waals surface area contributed by atoms with E-state index in [-0.39, 0.29) is 5.75 Å². The number of sulfonamides is 1. The maximum absolute atomic E-state index is 12.7. The van der Waals surface area contributed by atoms with Crippen LogP contribution in [0.2, 0.25) is 0 Å². The first-order valence-electron chi connectivity index (χ1n) is 8.93. The van der Waals surface area contributed by atoms with Gasteiger partial charge in [0.05, 0.1) is 5.75 Å². The van der Waals surface area contributed by atoms with Gasteiger partial charge in [0, 0.05) is 37.1 Å². The zero-order chi connectivity index (χ0) is 17.3. The summed E-state index contributed by atoms with van der Waals surface area (Å²) in [7, 11) is -3.21. The number of piperidine rings is 1. The molecular weight excluding hydrogens is 352 g/mol. The van der Waals surface area contributed by atoms with E-state index in [2.05, 4.69) is 16.3 Å². The quantitative estimate of drug-likeness (QED) is 0.823.